The normalized spacial score (nSPS) is 12.5. The number of hydrogen-bond donors (Lipinski definition) is 0. The van der Waals surface area contributed by atoms with Gasteiger partial charge in [-0.1, -0.05) is 152 Å². The Morgan fingerprint density at radius 2 is 1.22 bits per heavy atom. The van der Waals surface area contributed by atoms with Crippen LogP contribution in [0.1, 0.15) is 37.5 Å². The summed E-state index contributed by atoms with van der Waals surface area (Å²) in [5.41, 5.74) is 14.9. The summed E-state index contributed by atoms with van der Waals surface area (Å²) in [4.78, 5) is 9.81. The summed E-state index contributed by atoms with van der Waals surface area (Å²) < 4.78 is 13.4. The maximum Gasteiger partial charge on any atom is 0.409 e. The number of ether oxygens (including phenoxy) is 1. The quantitative estimate of drug-likeness (QED) is 0.0864. The maximum atomic E-state index is 6.80. The van der Waals surface area contributed by atoms with Crippen LogP contribution in [0.4, 0.5) is 22.9 Å². The third-order valence-electron chi connectivity index (χ3n) is 13.3. The minimum absolute atomic E-state index is 0. The molecule has 1 aliphatic rings. The fourth-order valence-electron chi connectivity index (χ4n) is 10.1. The van der Waals surface area contributed by atoms with Gasteiger partial charge in [-0.05, 0) is 84.5 Å². The van der Waals surface area contributed by atoms with Crippen molar-refractivity contribution in [2.75, 3.05) is 9.62 Å². The molecule has 12 rings (SSSR count). The van der Waals surface area contributed by atoms with Gasteiger partial charge in [-0.15, -0.1) is 30.3 Å². The van der Waals surface area contributed by atoms with Crippen molar-refractivity contribution in [2.45, 2.75) is 40.0 Å². The van der Waals surface area contributed by atoms with Gasteiger partial charge in [0.25, 0.3) is 6.33 Å². The zero-order valence-corrected chi connectivity index (χ0v) is 41.2. The minimum Gasteiger partial charge on any atom is -0.510 e. The molecule has 1 aliphatic heterocycles. The van der Waals surface area contributed by atoms with Crippen molar-refractivity contribution < 1.29 is 30.4 Å². The molecular weight excluding hydrogens is 1030 g/mol. The number of rotatable bonds is 8. The van der Waals surface area contributed by atoms with Gasteiger partial charge in [0, 0.05) is 55.2 Å². The Bertz CT molecular complexity index is 3650. The Balaban J connectivity index is 0.00000520. The molecule has 9 heteroatoms. The second-order valence-electron chi connectivity index (χ2n) is 18.6. The van der Waals surface area contributed by atoms with Gasteiger partial charge < -0.3 is 23.5 Å². The standard InChI is InChI=1S/C60H47BN6O.Pt/c1-41-19-17-20-42(2)59(41)61-66(44-21-7-6-8-22-44)56-34-33-47(39-57(56)67(61)58-37-43(35-36-62-58)60(3,4)5)68-46-24-18-23-45(38-46)63-40-64(53-30-14-13-29-52(53)63)54-31-15-16-32-55(54)65-50-27-11-9-25-48(50)49-26-10-12-28-51(49)65;/h6-37H,1-5H3;/q-2;. The van der Waals surface area contributed by atoms with Gasteiger partial charge >= 0.3 is 6.98 Å². The SMILES string of the molecule is Cc1cccc(C)c1B1N(c2cc(C(C)(C)C)ccn2)c2[c-]c(Oc3[c-]c(-n4[c-][n+](-c5ccccc5-n5c6ccccc6c6ccccc65)c5ccccc54)ccc3)ccc2N1c1ccccc1.[Pt]. The largest absolute Gasteiger partial charge is 0.510 e. The number of nitrogens with zero attached hydrogens (tertiary/aromatic N) is 6. The first-order valence-corrected chi connectivity index (χ1v) is 23.2. The molecule has 0 saturated heterocycles. The summed E-state index contributed by atoms with van der Waals surface area (Å²) in [6, 6.07) is 73.2. The molecule has 0 fully saturated rings. The molecule has 0 saturated carbocycles. The molecule has 0 aliphatic carbocycles. The number of para-hydroxylation sites is 7. The van der Waals surface area contributed by atoms with Crippen LogP contribution in [0.5, 0.6) is 11.5 Å². The van der Waals surface area contributed by atoms with Gasteiger partial charge in [-0.3, -0.25) is 4.57 Å². The van der Waals surface area contributed by atoms with Crippen molar-refractivity contribution in [1.29, 1.82) is 0 Å². The first-order valence-electron chi connectivity index (χ1n) is 23.2. The Labute approximate surface area is 417 Å². The van der Waals surface area contributed by atoms with Crippen molar-refractivity contribution in [3.05, 3.63) is 229 Å². The maximum absolute atomic E-state index is 6.80. The van der Waals surface area contributed by atoms with E-state index in [1.165, 1.54) is 32.9 Å². The van der Waals surface area contributed by atoms with Crippen LogP contribution < -0.4 is 24.4 Å². The van der Waals surface area contributed by atoms with E-state index in [0.29, 0.717) is 11.5 Å². The molecule has 0 spiro atoms. The van der Waals surface area contributed by atoms with Crippen LogP contribution in [0.25, 0.3) is 49.9 Å². The van der Waals surface area contributed by atoms with Gasteiger partial charge in [0.1, 0.15) is 5.82 Å². The summed E-state index contributed by atoms with van der Waals surface area (Å²) in [5.74, 6) is 1.97. The van der Waals surface area contributed by atoms with Gasteiger partial charge in [0.2, 0.25) is 0 Å². The van der Waals surface area contributed by atoms with Crippen molar-refractivity contribution in [3.8, 4) is 28.6 Å². The molecule has 0 amide bonds. The third kappa shape index (κ3) is 7.51. The summed E-state index contributed by atoms with van der Waals surface area (Å²) in [6.07, 6.45) is 5.67. The van der Waals surface area contributed by atoms with E-state index in [4.69, 9.17) is 9.72 Å². The van der Waals surface area contributed by atoms with E-state index in [-0.39, 0.29) is 33.5 Å². The van der Waals surface area contributed by atoms with Crippen LogP contribution in [0.15, 0.2) is 194 Å². The number of aromatic nitrogens is 4. The fourth-order valence-corrected chi connectivity index (χ4v) is 10.1. The summed E-state index contributed by atoms with van der Waals surface area (Å²) in [6.45, 7) is 10.9. The summed E-state index contributed by atoms with van der Waals surface area (Å²) in [7, 11) is 0. The van der Waals surface area contributed by atoms with Crippen LogP contribution in [-0.4, -0.2) is 21.1 Å². The molecule has 0 atom stereocenters. The van der Waals surface area contributed by atoms with E-state index >= 15 is 0 Å². The second kappa shape index (κ2) is 17.4. The van der Waals surface area contributed by atoms with E-state index < -0.39 is 0 Å². The van der Waals surface area contributed by atoms with Crippen LogP contribution >= 0.6 is 0 Å². The average Bonchev–Trinajstić information content (AvgIpc) is 4.02. The molecule has 7 nitrogen and oxygen atoms in total. The van der Waals surface area contributed by atoms with Crippen molar-refractivity contribution in [3.63, 3.8) is 0 Å². The van der Waals surface area contributed by atoms with Crippen molar-refractivity contribution >= 4 is 68.2 Å². The van der Waals surface area contributed by atoms with Crippen LogP contribution in [0, 0.1) is 32.3 Å². The molecule has 8 aromatic carbocycles. The topological polar surface area (TPSA) is 42.3 Å². The van der Waals surface area contributed by atoms with E-state index in [1.807, 2.05) is 30.5 Å². The summed E-state index contributed by atoms with van der Waals surface area (Å²) >= 11 is 0. The molecule has 0 radical (unpaired) electrons. The molecule has 0 N–H and O–H groups in total. The Kier molecular flexibility index (Phi) is 11.1. The molecule has 0 unspecified atom stereocenters. The van der Waals surface area contributed by atoms with E-state index in [2.05, 4.69) is 240 Å². The minimum atomic E-state index is -0.248. The zero-order valence-electron chi connectivity index (χ0n) is 39.0. The first kappa shape index (κ1) is 43.9. The summed E-state index contributed by atoms with van der Waals surface area (Å²) in [5, 5.41) is 2.44. The fraction of sp³-hybridized carbons (Fsp3) is 0.100. The van der Waals surface area contributed by atoms with Crippen LogP contribution in [-0.2, 0) is 26.5 Å². The number of pyridine rings is 1. The molecule has 3 aromatic heterocycles. The number of benzene rings is 8. The molecular formula is C60H47BN6OPt-2. The number of fused-ring (bicyclic) bond motifs is 5. The number of aryl methyl sites for hydroxylation is 2. The van der Waals surface area contributed by atoms with Gasteiger partial charge in [-0.25, -0.2) is 4.98 Å². The molecule has 69 heavy (non-hydrogen) atoms. The molecule has 0 bridgehead atoms. The van der Waals surface area contributed by atoms with Gasteiger partial charge in [0.15, 0.2) is 0 Å². The van der Waals surface area contributed by atoms with Crippen molar-refractivity contribution in [2.24, 2.45) is 0 Å². The first-order chi connectivity index (χ1) is 33.2. The zero-order chi connectivity index (χ0) is 46.1. The van der Waals surface area contributed by atoms with E-state index in [0.717, 1.165) is 62.0 Å². The average molecular weight is 1070 g/mol. The van der Waals surface area contributed by atoms with Crippen LogP contribution in [0.3, 0.4) is 0 Å². The Morgan fingerprint density at radius 3 is 1.96 bits per heavy atom. The number of hydrogen-bond acceptors (Lipinski definition) is 4. The third-order valence-corrected chi connectivity index (χ3v) is 13.3. The second-order valence-corrected chi connectivity index (χ2v) is 18.6. The Hall–Kier alpha value is -7.67. The molecule has 338 valence electrons. The molecule has 4 heterocycles. The van der Waals surface area contributed by atoms with E-state index in [1.54, 1.807) is 0 Å². The van der Waals surface area contributed by atoms with E-state index in [9.17, 15) is 0 Å². The smallest absolute Gasteiger partial charge is 0.409 e. The predicted molar refractivity (Wildman–Crippen MR) is 277 cm³/mol. The van der Waals surface area contributed by atoms with Crippen molar-refractivity contribution in [1.82, 2.24) is 14.1 Å². The number of anilines is 4. The van der Waals surface area contributed by atoms with Gasteiger partial charge in [0.05, 0.1) is 33.4 Å². The predicted octanol–water partition coefficient (Wildman–Crippen LogP) is 13.2. The molecule has 11 aromatic rings. The van der Waals surface area contributed by atoms with Gasteiger partial charge in [-0.2, -0.15) is 12.1 Å². The Morgan fingerprint density at radius 1 is 0.580 bits per heavy atom. The monoisotopic (exact) mass is 1070 g/mol. The number of imidazole rings is 1. The van der Waals surface area contributed by atoms with Crippen LogP contribution in [0.2, 0.25) is 0 Å².